The summed E-state index contributed by atoms with van der Waals surface area (Å²) in [5.74, 6) is 0. The van der Waals surface area contributed by atoms with Crippen molar-refractivity contribution in [2.45, 2.75) is 13.8 Å². The van der Waals surface area contributed by atoms with Gasteiger partial charge in [0.05, 0.1) is 6.08 Å². The average molecular weight is 69.1 g/mol. The summed E-state index contributed by atoms with van der Waals surface area (Å²) in [6.07, 6.45) is 6.00. The van der Waals surface area contributed by atoms with Crippen molar-refractivity contribution in [1.29, 1.82) is 0 Å². The van der Waals surface area contributed by atoms with Crippen molar-refractivity contribution < 1.29 is 0 Å². The summed E-state index contributed by atoms with van der Waals surface area (Å²) in [6, 6.07) is 0. The number of allylic oxidation sites excluding steroid dienone is 2. The average Bonchev–Trinajstić information content (AvgIpc) is 1.41. The van der Waals surface area contributed by atoms with Gasteiger partial charge in [0.2, 0.25) is 0 Å². The van der Waals surface area contributed by atoms with E-state index in [1.54, 1.807) is 0 Å². The van der Waals surface area contributed by atoms with Gasteiger partial charge in [-0.1, -0.05) is 0 Å². The molecule has 0 spiro atoms. The highest BCUT2D eigenvalue weighted by atomic mass is 13.6. The minimum absolute atomic E-state index is 2.00. The first-order chi connectivity index (χ1) is 2.41. The van der Waals surface area contributed by atoms with Crippen LogP contribution in [0.1, 0.15) is 13.8 Å². The minimum Gasteiger partial charge on any atom is 0.0211 e. The van der Waals surface area contributed by atoms with Gasteiger partial charge in [0.25, 0.3) is 0 Å². The Bertz CT molecular complexity index is 27.0. The van der Waals surface area contributed by atoms with Gasteiger partial charge in [-0.25, -0.2) is 0 Å². The summed E-state index contributed by atoms with van der Waals surface area (Å²) in [5.41, 5.74) is 0. The lowest BCUT2D eigenvalue weighted by Gasteiger charge is -1.53. The van der Waals surface area contributed by atoms with Crippen LogP contribution < -0.4 is 0 Å². The molecule has 0 aliphatic carbocycles. The predicted molar refractivity (Wildman–Crippen MR) is 24.8 cm³/mol. The van der Waals surface area contributed by atoms with E-state index in [2.05, 4.69) is 0 Å². The fraction of sp³-hybridized carbons (Fsp3) is 0.400. The second-order valence-electron chi connectivity index (χ2n) is 0.859. The van der Waals surface area contributed by atoms with Crippen molar-refractivity contribution >= 4 is 0 Å². The van der Waals surface area contributed by atoms with Crippen LogP contribution in [0.4, 0.5) is 0 Å². The molecule has 0 amide bonds. The van der Waals surface area contributed by atoms with Gasteiger partial charge in [-0.15, -0.1) is 0 Å². The van der Waals surface area contributed by atoms with Gasteiger partial charge in [0.15, 0.2) is 0 Å². The Hall–Kier alpha value is -0.390. The smallest absolute Gasteiger partial charge is 0.0211 e. The van der Waals surface area contributed by atoms with Gasteiger partial charge in [-0.05, 0) is 0 Å². The molecule has 0 rings (SSSR count). The van der Waals surface area contributed by atoms with Crippen LogP contribution in [0.25, 0.3) is 0 Å². The fourth-order valence-corrected chi connectivity index (χ4v) is 0.192. The maximum absolute atomic E-state index is 2.00. The van der Waals surface area contributed by atoms with Crippen molar-refractivity contribution in [2.75, 3.05) is 0 Å². The molecular formula is C5H9+. The summed E-state index contributed by atoms with van der Waals surface area (Å²) in [5, 5.41) is 0. The molecule has 5 heavy (non-hydrogen) atoms. The molecule has 0 aromatic rings. The third-order valence-electron chi connectivity index (χ3n) is 0.385. The molecule has 0 unspecified atom stereocenters. The van der Waals surface area contributed by atoms with Crippen LogP contribution in [0.3, 0.4) is 0 Å². The molecule has 0 saturated carbocycles. The molecule has 0 atom stereocenters. The molecule has 28 valence electrons. The van der Waals surface area contributed by atoms with Gasteiger partial charge >= 0.3 is 0 Å². The zero-order chi connectivity index (χ0) is 4.12. The molecule has 0 heterocycles. The Morgan fingerprint density at radius 3 is 2.20 bits per heavy atom. The van der Waals surface area contributed by atoms with Crippen molar-refractivity contribution in [2.24, 2.45) is 0 Å². The maximum atomic E-state index is 2.00. The normalized spacial score (nSPS) is 9.20. The summed E-state index contributed by atoms with van der Waals surface area (Å²) in [7, 11) is 0. The third kappa shape index (κ3) is 3.61. The van der Waals surface area contributed by atoms with E-state index in [9.17, 15) is 0 Å². The second kappa shape index (κ2) is 3.61. The van der Waals surface area contributed by atoms with E-state index in [-0.39, 0.29) is 0 Å². The van der Waals surface area contributed by atoms with Crippen molar-refractivity contribution in [1.82, 2.24) is 0 Å². The molecule has 0 radical (unpaired) electrons. The quantitative estimate of drug-likeness (QED) is 0.412. The van der Waals surface area contributed by atoms with Gasteiger partial charge in [0.1, 0.15) is 0 Å². The van der Waals surface area contributed by atoms with E-state index in [1.807, 2.05) is 32.4 Å². The van der Waals surface area contributed by atoms with Gasteiger partial charge in [-0.3, -0.25) is 0 Å². The van der Waals surface area contributed by atoms with Crippen LogP contribution in [-0.2, 0) is 0 Å². The molecule has 0 aliphatic heterocycles. The largest absolute Gasteiger partial charge is 0.0887 e. The van der Waals surface area contributed by atoms with Crippen molar-refractivity contribution in [3.63, 3.8) is 0 Å². The highest BCUT2D eigenvalue weighted by Crippen LogP contribution is 1.71. The van der Waals surface area contributed by atoms with E-state index in [0.29, 0.717) is 0 Å². The molecule has 0 nitrogen and oxygen atoms in total. The Morgan fingerprint density at radius 2 is 2.20 bits per heavy atom. The lowest BCUT2D eigenvalue weighted by Crippen LogP contribution is -1.45. The molecule has 0 bridgehead atoms. The molecule has 0 heteroatoms. The Labute approximate surface area is 33.5 Å². The van der Waals surface area contributed by atoms with E-state index in [4.69, 9.17) is 0 Å². The van der Waals surface area contributed by atoms with E-state index in [0.717, 1.165) is 0 Å². The number of rotatable bonds is 1. The molecule has 0 fully saturated rings. The number of hydrogen-bond acceptors (Lipinski definition) is 0. The second-order valence-corrected chi connectivity index (χ2v) is 0.859. The standard InChI is InChI=1S/C5H9/c1-3-5-4-2/h3-5H,1-2H3/q+1/b5-3+. The lowest BCUT2D eigenvalue weighted by atomic mass is 10.4. The first kappa shape index (κ1) is 4.61. The first-order valence-electron chi connectivity index (χ1n) is 1.82. The lowest BCUT2D eigenvalue weighted by molar-refractivity contribution is 1.53. The first-order valence-corrected chi connectivity index (χ1v) is 1.82. The topological polar surface area (TPSA) is 0 Å². The highest BCUT2D eigenvalue weighted by molar-refractivity contribution is 4.87. The van der Waals surface area contributed by atoms with E-state index in [1.165, 1.54) is 0 Å². The maximum Gasteiger partial charge on any atom is 0.0887 e. The summed E-state index contributed by atoms with van der Waals surface area (Å²) < 4.78 is 0. The Kier molecular flexibility index (Phi) is 3.33. The summed E-state index contributed by atoms with van der Waals surface area (Å²) in [4.78, 5) is 0. The van der Waals surface area contributed by atoms with Crippen LogP contribution >= 0.6 is 0 Å². The molecular weight excluding hydrogens is 60.1 g/mol. The zero-order valence-electron chi connectivity index (χ0n) is 3.73. The van der Waals surface area contributed by atoms with Gasteiger partial charge < -0.3 is 0 Å². The van der Waals surface area contributed by atoms with E-state index >= 15 is 0 Å². The number of hydrogen-bond donors (Lipinski definition) is 0. The highest BCUT2D eigenvalue weighted by Gasteiger charge is 1.63. The fourth-order valence-electron chi connectivity index (χ4n) is 0.192. The van der Waals surface area contributed by atoms with Gasteiger partial charge in [0, 0.05) is 26.3 Å². The van der Waals surface area contributed by atoms with Crippen LogP contribution in [0.5, 0.6) is 0 Å². The van der Waals surface area contributed by atoms with Crippen molar-refractivity contribution in [3.05, 3.63) is 18.6 Å². The van der Waals surface area contributed by atoms with Crippen LogP contribution in [0.2, 0.25) is 0 Å². The minimum atomic E-state index is 2.00. The molecule has 0 saturated heterocycles. The van der Waals surface area contributed by atoms with Gasteiger partial charge in [-0.2, -0.15) is 0 Å². The molecule has 0 aromatic heterocycles. The monoisotopic (exact) mass is 69.1 g/mol. The van der Waals surface area contributed by atoms with E-state index < -0.39 is 0 Å². The van der Waals surface area contributed by atoms with Crippen molar-refractivity contribution in [3.8, 4) is 0 Å². The Morgan fingerprint density at radius 1 is 1.60 bits per heavy atom. The van der Waals surface area contributed by atoms with Crippen LogP contribution in [-0.4, -0.2) is 0 Å². The summed E-state index contributed by atoms with van der Waals surface area (Å²) in [6.45, 7) is 4.00. The molecule has 0 aliphatic rings. The van der Waals surface area contributed by atoms with Crippen LogP contribution in [0, 0.1) is 6.42 Å². The zero-order valence-corrected chi connectivity index (χ0v) is 3.73. The summed E-state index contributed by atoms with van der Waals surface area (Å²) >= 11 is 0. The molecule has 0 N–H and O–H groups in total. The molecule has 0 aromatic carbocycles. The predicted octanol–water partition coefficient (Wildman–Crippen LogP) is 1.79. The third-order valence-corrected chi connectivity index (χ3v) is 0.385. The SMILES string of the molecule is C/C=C/[CH+]C. The Balaban J connectivity index is 2.62. The van der Waals surface area contributed by atoms with Crippen LogP contribution in [0.15, 0.2) is 12.2 Å².